The van der Waals surface area contributed by atoms with Crippen LogP contribution in [-0.2, 0) is 0 Å². The zero-order valence-electron chi connectivity index (χ0n) is 16.8. The van der Waals surface area contributed by atoms with Gasteiger partial charge in [-0.25, -0.2) is 8.78 Å². The highest BCUT2D eigenvalue weighted by atomic mass is 35.5. The first-order valence-corrected chi connectivity index (χ1v) is 11.3. The molecule has 3 rings (SSSR count). The van der Waals surface area contributed by atoms with Gasteiger partial charge in [-0.2, -0.15) is 0 Å². The normalized spacial score (nSPS) is 28.1. The molecular weight excluding hydrogens is 374 g/mol. The van der Waals surface area contributed by atoms with Crippen LogP contribution in [0, 0.1) is 41.2 Å². The van der Waals surface area contributed by atoms with Gasteiger partial charge in [0, 0.05) is 11.5 Å². The highest BCUT2D eigenvalue weighted by Crippen LogP contribution is 2.38. The molecule has 1 aromatic rings. The summed E-state index contributed by atoms with van der Waals surface area (Å²) in [5.74, 6) is 6.71. The van der Waals surface area contributed by atoms with Crippen molar-refractivity contribution in [3.63, 3.8) is 0 Å². The van der Waals surface area contributed by atoms with Gasteiger partial charge in [-0.15, -0.1) is 0 Å². The highest BCUT2D eigenvalue weighted by molar-refractivity contribution is 6.25. The molecule has 0 atom stereocenters. The number of hydrogen-bond acceptors (Lipinski definition) is 0. The van der Waals surface area contributed by atoms with Crippen LogP contribution in [0.15, 0.2) is 23.7 Å². The number of hydrogen-bond donors (Lipinski definition) is 0. The van der Waals surface area contributed by atoms with Crippen molar-refractivity contribution in [2.45, 2.75) is 77.0 Å². The van der Waals surface area contributed by atoms with Crippen LogP contribution in [0.1, 0.15) is 88.2 Å². The predicted octanol–water partition coefficient (Wildman–Crippen LogP) is 7.95. The molecule has 152 valence electrons. The van der Waals surface area contributed by atoms with Crippen LogP contribution < -0.4 is 0 Å². The Morgan fingerprint density at radius 2 is 1.64 bits per heavy atom. The quantitative estimate of drug-likeness (QED) is 0.446. The third-order valence-electron chi connectivity index (χ3n) is 6.60. The standard InChI is InChI=1S/C25H31ClF2/c1-2-3-18-8-11-21(12-9-18)22-16-24(27)23(25(28)17-22)13-10-19-4-6-20(7-5-19)14-15-26/h14-21H,2-9,11-12H2,1H3/b15-14+. The second kappa shape index (κ2) is 10.4. The van der Waals surface area contributed by atoms with Crippen LogP contribution in [0.4, 0.5) is 8.78 Å². The number of halogens is 3. The molecule has 2 aliphatic rings. The lowest BCUT2D eigenvalue weighted by atomic mass is 9.77. The molecule has 0 nitrogen and oxygen atoms in total. The fraction of sp³-hybridized carbons (Fsp3) is 0.600. The van der Waals surface area contributed by atoms with Crippen molar-refractivity contribution in [3.8, 4) is 11.8 Å². The van der Waals surface area contributed by atoms with Gasteiger partial charge >= 0.3 is 0 Å². The van der Waals surface area contributed by atoms with Gasteiger partial charge in [0.2, 0.25) is 0 Å². The molecule has 28 heavy (non-hydrogen) atoms. The third-order valence-corrected chi connectivity index (χ3v) is 6.74. The lowest BCUT2D eigenvalue weighted by molar-refractivity contribution is 0.307. The van der Waals surface area contributed by atoms with E-state index < -0.39 is 11.6 Å². The molecular formula is C25H31ClF2. The zero-order chi connectivity index (χ0) is 19.9. The van der Waals surface area contributed by atoms with Crippen LogP contribution in [-0.4, -0.2) is 0 Å². The Bertz CT molecular complexity index is 704. The van der Waals surface area contributed by atoms with E-state index in [-0.39, 0.29) is 17.4 Å². The summed E-state index contributed by atoms with van der Waals surface area (Å²) in [5.41, 5.74) is 2.33. The highest BCUT2D eigenvalue weighted by Gasteiger charge is 2.24. The van der Waals surface area contributed by atoms with Crippen molar-refractivity contribution < 1.29 is 8.78 Å². The predicted molar refractivity (Wildman–Crippen MR) is 113 cm³/mol. The van der Waals surface area contributed by atoms with Gasteiger partial charge in [-0.05, 0) is 86.8 Å². The minimum absolute atomic E-state index is 0.0637. The first kappa shape index (κ1) is 21.4. The molecule has 0 heterocycles. The molecule has 0 N–H and O–H groups in total. The van der Waals surface area contributed by atoms with Gasteiger partial charge in [0.25, 0.3) is 0 Å². The van der Waals surface area contributed by atoms with Gasteiger partial charge in [0.1, 0.15) is 11.6 Å². The van der Waals surface area contributed by atoms with E-state index in [9.17, 15) is 8.78 Å². The Hall–Kier alpha value is -1.33. The summed E-state index contributed by atoms with van der Waals surface area (Å²) in [6.45, 7) is 2.22. The molecule has 1 aromatic carbocycles. The third kappa shape index (κ3) is 5.60. The first-order valence-electron chi connectivity index (χ1n) is 10.9. The Kier molecular flexibility index (Phi) is 7.98. The first-order chi connectivity index (χ1) is 13.6. The molecule has 0 aromatic heterocycles. The molecule has 0 spiro atoms. The molecule has 0 unspecified atom stereocenters. The Morgan fingerprint density at radius 1 is 1.00 bits per heavy atom. The van der Waals surface area contributed by atoms with Crippen molar-refractivity contribution in [2.24, 2.45) is 17.8 Å². The lowest BCUT2D eigenvalue weighted by Crippen LogP contribution is -2.14. The average molecular weight is 405 g/mol. The van der Waals surface area contributed by atoms with Crippen LogP contribution >= 0.6 is 11.6 Å². The van der Waals surface area contributed by atoms with Gasteiger partial charge in [-0.1, -0.05) is 49.3 Å². The van der Waals surface area contributed by atoms with Crippen LogP contribution in [0.3, 0.4) is 0 Å². The van der Waals surface area contributed by atoms with E-state index in [0.717, 1.165) is 50.0 Å². The van der Waals surface area contributed by atoms with Gasteiger partial charge < -0.3 is 0 Å². The summed E-state index contributed by atoms with van der Waals surface area (Å²) in [6, 6.07) is 3.06. The Morgan fingerprint density at radius 3 is 2.21 bits per heavy atom. The zero-order valence-corrected chi connectivity index (χ0v) is 17.6. The molecule has 0 radical (unpaired) electrons. The van der Waals surface area contributed by atoms with E-state index in [0.29, 0.717) is 5.92 Å². The van der Waals surface area contributed by atoms with Crippen molar-refractivity contribution in [1.82, 2.24) is 0 Å². The fourth-order valence-electron chi connectivity index (χ4n) is 4.87. The number of rotatable bonds is 4. The van der Waals surface area contributed by atoms with E-state index >= 15 is 0 Å². The summed E-state index contributed by atoms with van der Waals surface area (Å²) in [6.07, 6.45) is 12.9. The molecule has 2 aliphatic carbocycles. The fourth-order valence-corrected chi connectivity index (χ4v) is 5.08. The van der Waals surface area contributed by atoms with Crippen molar-refractivity contribution >= 4 is 11.6 Å². The minimum atomic E-state index is -0.503. The van der Waals surface area contributed by atoms with Crippen LogP contribution in [0.2, 0.25) is 0 Å². The second-order valence-corrected chi connectivity index (χ2v) is 8.82. The Labute approximate surface area is 173 Å². The van der Waals surface area contributed by atoms with Crippen molar-refractivity contribution in [1.29, 1.82) is 0 Å². The minimum Gasteiger partial charge on any atom is -0.206 e. The van der Waals surface area contributed by atoms with Crippen LogP contribution in [0.5, 0.6) is 0 Å². The molecule has 3 heteroatoms. The SMILES string of the molecule is CCCC1CCC(c2cc(F)c(C#CC3CCC(/C=C/Cl)CC3)c(F)c2)CC1. The smallest absolute Gasteiger partial charge is 0.142 e. The van der Waals surface area contributed by atoms with Crippen LogP contribution in [0.25, 0.3) is 0 Å². The monoisotopic (exact) mass is 404 g/mol. The van der Waals surface area contributed by atoms with Gasteiger partial charge in [-0.3, -0.25) is 0 Å². The largest absolute Gasteiger partial charge is 0.206 e. The van der Waals surface area contributed by atoms with Gasteiger partial charge in [0.05, 0.1) is 5.56 Å². The molecule has 2 fully saturated rings. The molecule has 0 aliphatic heterocycles. The average Bonchev–Trinajstić information content (AvgIpc) is 2.69. The summed E-state index contributed by atoms with van der Waals surface area (Å²) < 4.78 is 29.2. The summed E-state index contributed by atoms with van der Waals surface area (Å²) in [4.78, 5) is 0. The molecule has 0 saturated heterocycles. The lowest BCUT2D eigenvalue weighted by Gasteiger charge is -2.28. The molecule has 0 amide bonds. The second-order valence-electron chi connectivity index (χ2n) is 8.57. The Balaban J connectivity index is 1.64. The maximum atomic E-state index is 14.6. The van der Waals surface area contributed by atoms with E-state index in [4.69, 9.17) is 11.6 Å². The summed E-state index contributed by atoms with van der Waals surface area (Å²) in [7, 11) is 0. The molecule has 0 bridgehead atoms. The van der Waals surface area contributed by atoms with Crippen molar-refractivity contribution in [2.75, 3.05) is 0 Å². The van der Waals surface area contributed by atoms with Gasteiger partial charge in [0.15, 0.2) is 0 Å². The maximum absolute atomic E-state index is 14.6. The maximum Gasteiger partial charge on any atom is 0.142 e. The van der Waals surface area contributed by atoms with E-state index in [1.165, 1.54) is 37.8 Å². The summed E-state index contributed by atoms with van der Waals surface area (Å²) in [5, 5.41) is 0. The van der Waals surface area contributed by atoms with E-state index in [1.807, 2.05) is 6.08 Å². The number of benzene rings is 1. The number of allylic oxidation sites excluding steroid dienone is 1. The summed E-state index contributed by atoms with van der Waals surface area (Å²) >= 11 is 5.65. The van der Waals surface area contributed by atoms with Crippen molar-refractivity contribution in [3.05, 3.63) is 46.5 Å². The topological polar surface area (TPSA) is 0 Å². The van der Waals surface area contributed by atoms with E-state index in [2.05, 4.69) is 18.8 Å². The van der Waals surface area contributed by atoms with E-state index in [1.54, 1.807) is 5.54 Å². The molecule has 2 saturated carbocycles.